The zero-order valence-electron chi connectivity index (χ0n) is 10.5. The molecule has 3 N–H and O–H groups in total. The molecule has 4 nitrogen and oxygen atoms in total. The number of carboxylic acids is 1. The topological polar surface area (TPSA) is 72.5 Å². The summed E-state index contributed by atoms with van der Waals surface area (Å²) in [5.41, 5.74) is 4.89. The Hall–Kier alpha value is -1.46. The molecule has 2 atom stereocenters. The molecule has 0 spiro atoms. The number of rotatable bonds is 6. The molecule has 0 aromatic heterocycles. The van der Waals surface area contributed by atoms with E-state index in [1.54, 1.807) is 6.92 Å². The highest BCUT2D eigenvalue weighted by Crippen LogP contribution is 2.30. The van der Waals surface area contributed by atoms with Crippen molar-refractivity contribution >= 4 is 5.97 Å². The number of aliphatic carboxylic acids is 1. The summed E-state index contributed by atoms with van der Waals surface area (Å²) in [4.78, 5) is 11.6. The minimum Gasteiger partial charge on any atom is -0.481 e. The molecule has 0 bridgehead atoms. The Morgan fingerprint density at radius 3 is 2.44 bits per heavy atom. The Labute approximate surface area is 106 Å². The van der Waals surface area contributed by atoms with Crippen molar-refractivity contribution in [3.63, 3.8) is 0 Å². The maximum Gasteiger partial charge on any atom is 0.315 e. The van der Waals surface area contributed by atoms with Crippen molar-refractivity contribution in [1.82, 2.24) is 0 Å². The molecule has 2 unspecified atom stereocenters. The van der Waals surface area contributed by atoms with Crippen molar-refractivity contribution in [2.75, 3.05) is 13.7 Å². The molecule has 100 valence electrons. The Morgan fingerprint density at radius 2 is 2.06 bits per heavy atom. The maximum absolute atomic E-state index is 12.9. The predicted octanol–water partition coefficient (Wildman–Crippen LogP) is 1.53. The predicted molar refractivity (Wildman–Crippen MR) is 65.9 cm³/mol. The number of ether oxygens (including phenoxy) is 1. The number of carbonyl (C=O) groups is 1. The third-order valence-electron chi connectivity index (χ3n) is 3.19. The SMILES string of the molecule is COC(C)CC(CN)(C(=O)O)c1ccc(F)cc1. The Morgan fingerprint density at radius 1 is 1.50 bits per heavy atom. The number of benzene rings is 1. The fourth-order valence-corrected chi connectivity index (χ4v) is 1.96. The Kier molecular flexibility index (Phi) is 4.81. The first-order valence-electron chi connectivity index (χ1n) is 5.68. The molecular weight excluding hydrogens is 237 g/mol. The smallest absolute Gasteiger partial charge is 0.315 e. The number of carboxylic acid groups (broad SMARTS) is 1. The molecule has 0 aliphatic carbocycles. The number of hydrogen-bond donors (Lipinski definition) is 2. The summed E-state index contributed by atoms with van der Waals surface area (Å²) in [6.45, 7) is 1.71. The van der Waals surface area contributed by atoms with Crippen LogP contribution in [0.2, 0.25) is 0 Å². The van der Waals surface area contributed by atoms with Crippen molar-refractivity contribution in [2.24, 2.45) is 5.73 Å². The normalized spacial score (nSPS) is 16.0. The van der Waals surface area contributed by atoms with Crippen LogP contribution >= 0.6 is 0 Å². The lowest BCUT2D eigenvalue weighted by Gasteiger charge is -2.30. The molecule has 0 aliphatic rings. The first-order valence-corrected chi connectivity index (χ1v) is 5.68. The highest BCUT2D eigenvalue weighted by Gasteiger charge is 2.40. The van der Waals surface area contributed by atoms with E-state index in [1.165, 1.54) is 31.4 Å². The van der Waals surface area contributed by atoms with Gasteiger partial charge in [0.2, 0.25) is 0 Å². The summed E-state index contributed by atoms with van der Waals surface area (Å²) in [5.74, 6) is -1.43. The third-order valence-corrected chi connectivity index (χ3v) is 3.19. The van der Waals surface area contributed by atoms with Gasteiger partial charge >= 0.3 is 5.97 Å². The molecular formula is C13H18FNO3. The van der Waals surface area contributed by atoms with E-state index >= 15 is 0 Å². The minimum atomic E-state index is -1.25. The molecule has 0 fully saturated rings. The van der Waals surface area contributed by atoms with Gasteiger partial charge in [0, 0.05) is 13.7 Å². The van der Waals surface area contributed by atoms with E-state index in [9.17, 15) is 14.3 Å². The monoisotopic (exact) mass is 255 g/mol. The molecule has 0 saturated carbocycles. The van der Waals surface area contributed by atoms with Crippen molar-refractivity contribution in [3.05, 3.63) is 35.6 Å². The fourth-order valence-electron chi connectivity index (χ4n) is 1.96. The van der Waals surface area contributed by atoms with E-state index in [0.717, 1.165) is 0 Å². The van der Waals surface area contributed by atoms with Crippen molar-refractivity contribution in [1.29, 1.82) is 0 Å². The van der Waals surface area contributed by atoms with Gasteiger partial charge in [0.15, 0.2) is 0 Å². The summed E-state index contributed by atoms with van der Waals surface area (Å²) in [6, 6.07) is 5.39. The second-order valence-corrected chi connectivity index (χ2v) is 4.35. The van der Waals surface area contributed by atoms with E-state index < -0.39 is 17.2 Å². The van der Waals surface area contributed by atoms with E-state index in [2.05, 4.69) is 0 Å². The van der Waals surface area contributed by atoms with Gasteiger partial charge in [-0.05, 0) is 31.0 Å². The lowest BCUT2D eigenvalue weighted by molar-refractivity contribution is -0.145. The molecule has 1 aromatic rings. The average molecular weight is 255 g/mol. The van der Waals surface area contributed by atoms with Gasteiger partial charge < -0.3 is 15.6 Å². The van der Waals surface area contributed by atoms with Crippen LogP contribution in [0.15, 0.2) is 24.3 Å². The first kappa shape index (κ1) is 14.6. The van der Waals surface area contributed by atoms with Crippen molar-refractivity contribution < 1.29 is 19.0 Å². The van der Waals surface area contributed by atoms with Gasteiger partial charge in [0.05, 0.1) is 6.10 Å². The summed E-state index contributed by atoms with van der Waals surface area (Å²) in [5, 5.41) is 9.46. The van der Waals surface area contributed by atoms with Crippen molar-refractivity contribution in [3.8, 4) is 0 Å². The van der Waals surface area contributed by atoms with Crippen LogP contribution in [0.5, 0.6) is 0 Å². The molecule has 0 amide bonds. The standard InChI is InChI=1S/C13H18FNO3/c1-9(18-2)7-13(8-15,12(16)17)10-3-5-11(14)6-4-10/h3-6,9H,7-8,15H2,1-2H3,(H,16,17). The molecule has 5 heteroatoms. The molecule has 0 heterocycles. The Balaban J connectivity index is 3.18. The zero-order valence-corrected chi connectivity index (χ0v) is 10.5. The van der Waals surface area contributed by atoms with E-state index in [-0.39, 0.29) is 19.1 Å². The van der Waals surface area contributed by atoms with Crippen LogP contribution in [-0.2, 0) is 14.9 Å². The van der Waals surface area contributed by atoms with Gasteiger partial charge in [0.1, 0.15) is 11.2 Å². The van der Waals surface area contributed by atoms with Crippen LogP contribution in [0.25, 0.3) is 0 Å². The Bertz CT molecular complexity index is 407. The summed E-state index contributed by atoms with van der Waals surface area (Å²) in [7, 11) is 1.51. The van der Waals surface area contributed by atoms with E-state index in [0.29, 0.717) is 5.56 Å². The third kappa shape index (κ3) is 2.86. The van der Waals surface area contributed by atoms with E-state index in [4.69, 9.17) is 10.5 Å². The average Bonchev–Trinajstić information content (AvgIpc) is 2.36. The lowest BCUT2D eigenvalue weighted by Crippen LogP contribution is -2.45. The molecule has 0 radical (unpaired) electrons. The summed E-state index contributed by atoms with van der Waals surface area (Å²) < 4.78 is 18.0. The molecule has 0 aliphatic heterocycles. The molecule has 18 heavy (non-hydrogen) atoms. The number of methoxy groups -OCH3 is 1. The van der Waals surface area contributed by atoms with Gasteiger partial charge in [-0.25, -0.2) is 4.39 Å². The van der Waals surface area contributed by atoms with Crippen LogP contribution in [0.4, 0.5) is 4.39 Å². The zero-order chi connectivity index (χ0) is 13.8. The lowest BCUT2D eigenvalue weighted by atomic mass is 9.76. The molecule has 1 aromatic carbocycles. The van der Waals surface area contributed by atoms with E-state index in [1.807, 2.05) is 0 Å². The minimum absolute atomic E-state index is 0.0678. The number of nitrogens with two attached hydrogens (primary N) is 1. The second kappa shape index (κ2) is 5.93. The maximum atomic E-state index is 12.9. The van der Waals surface area contributed by atoms with Gasteiger partial charge in [0.25, 0.3) is 0 Å². The largest absolute Gasteiger partial charge is 0.481 e. The summed E-state index contributed by atoms with van der Waals surface area (Å²) >= 11 is 0. The second-order valence-electron chi connectivity index (χ2n) is 4.35. The number of hydrogen-bond acceptors (Lipinski definition) is 3. The van der Waals surface area contributed by atoms with Crippen LogP contribution in [0.3, 0.4) is 0 Å². The van der Waals surface area contributed by atoms with Crippen LogP contribution < -0.4 is 5.73 Å². The van der Waals surface area contributed by atoms with Gasteiger partial charge in [-0.2, -0.15) is 0 Å². The van der Waals surface area contributed by atoms with Crippen molar-refractivity contribution in [2.45, 2.75) is 24.9 Å². The highest BCUT2D eigenvalue weighted by atomic mass is 19.1. The van der Waals surface area contributed by atoms with Crippen LogP contribution in [-0.4, -0.2) is 30.8 Å². The van der Waals surface area contributed by atoms with Gasteiger partial charge in [-0.15, -0.1) is 0 Å². The quantitative estimate of drug-likeness (QED) is 0.808. The summed E-state index contributed by atoms with van der Waals surface area (Å²) in [6.07, 6.45) is -0.0178. The number of halogens is 1. The highest BCUT2D eigenvalue weighted by molar-refractivity contribution is 5.81. The van der Waals surface area contributed by atoms with Crippen LogP contribution in [0.1, 0.15) is 18.9 Å². The van der Waals surface area contributed by atoms with Crippen LogP contribution in [0, 0.1) is 5.82 Å². The molecule has 0 saturated heterocycles. The first-order chi connectivity index (χ1) is 8.46. The molecule has 1 rings (SSSR count). The van der Waals surface area contributed by atoms with Gasteiger partial charge in [-0.1, -0.05) is 12.1 Å². The van der Waals surface area contributed by atoms with Gasteiger partial charge in [-0.3, -0.25) is 4.79 Å². The fraction of sp³-hybridized carbons (Fsp3) is 0.462.